The van der Waals surface area contributed by atoms with Crippen molar-refractivity contribution < 1.29 is 9.53 Å². The predicted molar refractivity (Wildman–Crippen MR) is 66.0 cm³/mol. The number of ether oxygens (including phenoxy) is 1. The molecule has 0 aliphatic rings. The largest absolute Gasteiger partial charge is 0.455 e. The third-order valence-corrected chi connectivity index (χ3v) is 1.80. The fraction of sp³-hybridized carbons (Fsp3) is 0.583. The SMILES string of the molecule is CCCNc1nccc(C(=O)OC(C)(C)C)n1. The molecular weight excluding hydrogens is 218 g/mol. The van der Waals surface area contributed by atoms with Crippen LogP contribution in [0.5, 0.6) is 0 Å². The Bertz CT molecular complexity index is 386. The maximum absolute atomic E-state index is 11.7. The monoisotopic (exact) mass is 237 g/mol. The molecule has 94 valence electrons. The smallest absolute Gasteiger partial charge is 0.357 e. The van der Waals surface area contributed by atoms with E-state index < -0.39 is 11.6 Å². The van der Waals surface area contributed by atoms with Crippen LogP contribution in [0.4, 0.5) is 5.95 Å². The van der Waals surface area contributed by atoms with E-state index in [0.717, 1.165) is 13.0 Å². The Kier molecular flexibility index (Phi) is 4.43. The molecule has 0 amide bonds. The summed E-state index contributed by atoms with van der Waals surface area (Å²) in [5.41, 5.74) is -0.243. The van der Waals surface area contributed by atoms with Crippen molar-refractivity contribution in [2.45, 2.75) is 39.7 Å². The summed E-state index contributed by atoms with van der Waals surface area (Å²) in [6, 6.07) is 1.55. The summed E-state index contributed by atoms with van der Waals surface area (Å²) in [6.45, 7) is 8.29. The highest BCUT2D eigenvalue weighted by Crippen LogP contribution is 2.11. The molecule has 1 aromatic rings. The normalized spacial score (nSPS) is 11.1. The zero-order valence-corrected chi connectivity index (χ0v) is 10.8. The Morgan fingerprint density at radius 1 is 1.47 bits per heavy atom. The number of esters is 1. The first-order chi connectivity index (χ1) is 7.92. The van der Waals surface area contributed by atoms with Gasteiger partial charge in [-0.05, 0) is 33.3 Å². The summed E-state index contributed by atoms with van der Waals surface area (Å²) in [4.78, 5) is 19.9. The molecule has 5 heteroatoms. The lowest BCUT2D eigenvalue weighted by Crippen LogP contribution is -2.24. The third kappa shape index (κ3) is 4.80. The van der Waals surface area contributed by atoms with E-state index >= 15 is 0 Å². The van der Waals surface area contributed by atoms with Crippen LogP contribution in [-0.4, -0.2) is 28.1 Å². The molecule has 0 saturated heterocycles. The second kappa shape index (κ2) is 5.61. The van der Waals surface area contributed by atoms with Gasteiger partial charge in [0.1, 0.15) is 5.60 Å². The molecule has 5 nitrogen and oxygen atoms in total. The van der Waals surface area contributed by atoms with Crippen LogP contribution in [0.25, 0.3) is 0 Å². The molecule has 0 atom stereocenters. The van der Waals surface area contributed by atoms with Crippen LogP contribution < -0.4 is 5.32 Å². The third-order valence-electron chi connectivity index (χ3n) is 1.80. The van der Waals surface area contributed by atoms with Crippen LogP contribution in [-0.2, 0) is 4.74 Å². The van der Waals surface area contributed by atoms with Gasteiger partial charge in [0, 0.05) is 12.7 Å². The Hall–Kier alpha value is -1.65. The molecule has 0 fully saturated rings. The fourth-order valence-corrected chi connectivity index (χ4v) is 1.12. The molecule has 1 rings (SSSR count). The maximum Gasteiger partial charge on any atom is 0.357 e. The lowest BCUT2D eigenvalue weighted by atomic mass is 10.2. The molecular formula is C12H19N3O2. The standard InChI is InChI=1S/C12H19N3O2/c1-5-7-13-11-14-8-6-9(15-11)10(16)17-12(2,3)4/h6,8H,5,7H2,1-4H3,(H,13,14,15). The molecule has 1 heterocycles. The van der Waals surface area contributed by atoms with Crippen molar-refractivity contribution in [1.29, 1.82) is 0 Å². The molecule has 17 heavy (non-hydrogen) atoms. The Balaban J connectivity index is 2.74. The predicted octanol–water partition coefficient (Wildman–Crippen LogP) is 2.25. The van der Waals surface area contributed by atoms with Crippen LogP contribution in [0.1, 0.15) is 44.6 Å². The Labute approximate surface area is 102 Å². The average Bonchev–Trinajstić information content (AvgIpc) is 2.24. The molecule has 0 saturated carbocycles. The summed E-state index contributed by atoms with van der Waals surface area (Å²) in [5.74, 6) is 0.0228. The van der Waals surface area contributed by atoms with Crippen molar-refractivity contribution in [3.8, 4) is 0 Å². The molecule has 0 aliphatic heterocycles. The van der Waals surface area contributed by atoms with E-state index in [4.69, 9.17) is 4.74 Å². The zero-order valence-electron chi connectivity index (χ0n) is 10.8. The van der Waals surface area contributed by atoms with Gasteiger partial charge < -0.3 is 10.1 Å². The molecule has 0 aliphatic carbocycles. The second-order valence-corrected chi connectivity index (χ2v) is 4.69. The van der Waals surface area contributed by atoms with E-state index in [1.54, 1.807) is 12.3 Å². The number of anilines is 1. The van der Waals surface area contributed by atoms with Crippen LogP contribution in [0.2, 0.25) is 0 Å². The summed E-state index contributed by atoms with van der Waals surface area (Å²) < 4.78 is 5.23. The Morgan fingerprint density at radius 3 is 2.76 bits per heavy atom. The van der Waals surface area contributed by atoms with E-state index in [9.17, 15) is 4.79 Å². The van der Waals surface area contributed by atoms with Gasteiger partial charge in [0.05, 0.1) is 0 Å². The van der Waals surface area contributed by atoms with Crippen LogP contribution in [0.3, 0.4) is 0 Å². The van der Waals surface area contributed by atoms with Gasteiger partial charge in [-0.25, -0.2) is 14.8 Å². The molecule has 0 spiro atoms. The van der Waals surface area contributed by atoms with Gasteiger partial charge in [0.2, 0.25) is 5.95 Å². The number of rotatable bonds is 4. The number of carbonyl (C=O) groups is 1. The first-order valence-electron chi connectivity index (χ1n) is 5.72. The van der Waals surface area contributed by atoms with Crippen molar-refractivity contribution in [1.82, 2.24) is 9.97 Å². The molecule has 0 radical (unpaired) electrons. The highest BCUT2D eigenvalue weighted by Gasteiger charge is 2.19. The number of nitrogens with zero attached hydrogens (tertiary/aromatic N) is 2. The molecule has 1 aromatic heterocycles. The van der Waals surface area contributed by atoms with Gasteiger partial charge in [-0.15, -0.1) is 0 Å². The van der Waals surface area contributed by atoms with Gasteiger partial charge >= 0.3 is 5.97 Å². The molecule has 0 unspecified atom stereocenters. The number of hydrogen-bond donors (Lipinski definition) is 1. The number of aromatic nitrogens is 2. The van der Waals surface area contributed by atoms with Crippen molar-refractivity contribution in [3.63, 3.8) is 0 Å². The number of hydrogen-bond acceptors (Lipinski definition) is 5. The topological polar surface area (TPSA) is 64.1 Å². The van der Waals surface area contributed by atoms with E-state index in [2.05, 4.69) is 15.3 Å². The maximum atomic E-state index is 11.7. The second-order valence-electron chi connectivity index (χ2n) is 4.69. The first-order valence-corrected chi connectivity index (χ1v) is 5.72. The first kappa shape index (κ1) is 13.4. The van der Waals surface area contributed by atoms with Crippen molar-refractivity contribution >= 4 is 11.9 Å². The fourth-order valence-electron chi connectivity index (χ4n) is 1.12. The van der Waals surface area contributed by atoms with Gasteiger partial charge in [-0.3, -0.25) is 0 Å². The van der Waals surface area contributed by atoms with Crippen molar-refractivity contribution in [2.24, 2.45) is 0 Å². The summed E-state index contributed by atoms with van der Waals surface area (Å²) >= 11 is 0. The number of nitrogens with one attached hydrogen (secondary N) is 1. The molecule has 0 bridgehead atoms. The van der Waals surface area contributed by atoms with Gasteiger partial charge in [-0.1, -0.05) is 6.92 Å². The molecule has 1 N–H and O–H groups in total. The highest BCUT2D eigenvalue weighted by molar-refractivity contribution is 5.87. The van der Waals surface area contributed by atoms with E-state index in [0.29, 0.717) is 5.95 Å². The van der Waals surface area contributed by atoms with Crippen molar-refractivity contribution in [2.75, 3.05) is 11.9 Å². The van der Waals surface area contributed by atoms with E-state index in [1.807, 2.05) is 27.7 Å². The lowest BCUT2D eigenvalue weighted by molar-refractivity contribution is 0.00628. The summed E-state index contributed by atoms with van der Waals surface area (Å²) in [7, 11) is 0. The Morgan fingerprint density at radius 2 is 2.18 bits per heavy atom. The van der Waals surface area contributed by atoms with Gasteiger partial charge in [-0.2, -0.15) is 0 Å². The molecule has 0 aromatic carbocycles. The zero-order chi connectivity index (χ0) is 12.9. The minimum atomic E-state index is -0.515. The van der Waals surface area contributed by atoms with Crippen LogP contribution in [0.15, 0.2) is 12.3 Å². The van der Waals surface area contributed by atoms with Gasteiger partial charge in [0.25, 0.3) is 0 Å². The van der Waals surface area contributed by atoms with Crippen LogP contribution >= 0.6 is 0 Å². The van der Waals surface area contributed by atoms with Crippen molar-refractivity contribution in [3.05, 3.63) is 18.0 Å². The summed E-state index contributed by atoms with van der Waals surface area (Å²) in [5, 5.41) is 3.02. The minimum absolute atomic E-state index is 0.272. The minimum Gasteiger partial charge on any atom is -0.455 e. The van der Waals surface area contributed by atoms with Gasteiger partial charge in [0.15, 0.2) is 5.69 Å². The lowest BCUT2D eigenvalue weighted by Gasteiger charge is -2.19. The van der Waals surface area contributed by atoms with E-state index in [-0.39, 0.29) is 5.69 Å². The summed E-state index contributed by atoms with van der Waals surface area (Å²) in [6.07, 6.45) is 2.52. The highest BCUT2D eigenvalue weighted by atomic mass is 16.6. The van der Waals surface area contributed by atoms with Crippen LogP contribution in [0, 0.1) is 0 Å². The van der Waals surface area contributed by atoms with E-state index in [1.165, 1.54) is 0 Å². The quantitative estimate of drug-likeness (QED) is 0.814. The number of carbonyl (C=O) groups excluding carboxylic acids is 1. The average molecular weight is 237 g/mol.